The maximum Gasteiger partial charge on any atom is 2.00 e. The van der Waals surface area contributed by atoms with E-state index in [2.05, 4.69) is 24.3 Å². The van der Waals surface area contributed by atoms with Crippen LogP contribution in [-0.4, -0.2) is 15.1 Å². The van der Waals surface area contributed by atoms with Gasteiger partial charge < -0.3 is 15.1 Å². The van der Waals surface area contributed by atoms with E-state index in [1.165, 1.54) is 0 Å². The topological polar surface area (TPSA) is 74.2 Å². The maximum absolute atomic E-state index is 11.2. The number of nitrogens with zero attached hydrogens (tertiary/aromatic N) is 4. The number of rotatable bonds is 4. The van der Waals surface area contributed by atoms with Gasteiger partial charge in [-0.3, -0.25) is 0 Å². The Kier molecular flexibility index (Phi) is 7.27. The Balaban J connectivity index is 0.00000302. The summed E-state index contributed by atoms with van der Waals surface area (Å²) in [7, 11) is 0. The quantitative estimate of drug-likeness (QED) is 0.217. The summed E-state index contributed by atoms with van der Waals surface area (Å²) in [5, 5.41) is 11.2. The van der Waals surface area contributed by atoms with Crippen LogP contribution in [0.25, 0.3) is 68.6 Å². The second-order valence-electron chi connectivity index (χ2n) is 9.91. The molecule has 0 aliphatic carbocycles. The van der Waals surface area contributed by atoms with Crippen LogP contribution >= 0.6 is 0 Å². The second kappa shape index (κ2) is 11.2. The van der Waals surface area contributed by atoms with Gasteiger partial charge in [0.05, 0.1) is 28.9 Å². The first-order valence-corrected chi connectivity index (χ1v) is 13.5. The van der Waals surface area contributed by atoms with Crippen molar-refractivity contribution in [3.63, 3.8) is 0 Å². The molecule has 2 aliphatic rings. The van der Waals surface area contributed by atoms with Gasteiger partial charge in [-0.1, -0.05) is 91.9 Å². The van der Waals surface area contributed by atoms with Crippen molar-refractivity contribution < 1.29 is 21.6 Å². The molecule has 0 saturated heterocycles. The first kappa shape index (κ1) is 26.7. The molecule has 0 fully saturated rings. The van der Waals surface area contributed by atoms with Gasteiger partial charge >= 0.3 is 16.5 Å². The Labute approximate surface area is 248 Å². The normalized spacial score (nSPS) is 12.7. The van der Waals surface area contributed by atoms with Crippen LogP contribution in [0.15, 0.2) is 91.0 Å². The summed E-state index contributed by atoms with van der Waals surface area (Å²) in [6, 6.07) is 30.3. The molecule has 3 aromatic heterocycles. The molecular weight excluding hydrogens is 551 g/mol. The second-order valence-corrected chi connectivity index (χ2v) is 9.91. The molecule has 0 saturated carbocycles. The van der Waals surface area contributed by atoms with Crippen LogP contribution in [0.2, 0.25) is 0 Å². The van der Waals surface area contributed by atoms with Crippen molar-refractivity contribution in [1.29, 1.82) is 0 Å². The monoisotopic (exact) mass is 576 g/mol. The standard InChI is InChI=1S/C35H26N4O.Ni/c1-2-32(40)35-30-19-17-28(38-30)33(22-9-5-3-6-10-22)26-15-13-24(36-26)21-25-14-16-27(37-25)34(23-11-7-4-8-12-23)29-18-20-31(35)39-29;/h3-21,32,40H,2H2,1H3;/q-2;+2. The van der Waals surface area contributed by atoms with Crippen LogP contribution in [0, 0.1) is 0 Å². The number of aliphatic hydroxyl groups excluding tert-OH is 1. The van der Waals surface area contributed by atoms with Crippen molar-refractivity contribution in [2.45, 2.75) is 19.4 Å². The summed E-state index contributed by atoms with van der Waals surface area (Å²) in [5.41, 5.74) is 11.0. The first-order chi connectivity index (χ1) is 19.7. The van der Waals surface area contributed by atoms with Crippen molar-refractivity contribution >= 4 is 46.4 Å². The molecule has 0 amide bonds. The Morgan fingerprint density at radius 1 is 0.610 bits per heavy atom. The molecule has 8 bridgehead atoms. The minimum Gasteiger partial charge on any atom is -0.657 e. The summed E-state index contributed by atoms with van der Waals surface area (Å²) in [4.78, 5) is 20.1. The van der Waals surface area contributed by atoms with Gasteiger partial charge in [0.25, 0.3) is 0 Å². The van der Waals surface area contributed by atoms with Crippen LogP contribution in [0.3, 0.4) is 0 Å². The summed E-state index contributed by atoms with van der Waals surface area (Å²) in [6.07, 6.45) is 7.91. The van der Waals surface area contributed by atoms with Crippen LogP contribution in [0.1, 0.15) is 47.8 Å². The summed E-state index contributed by atoms with van der Waals surface area (Å²) >= 11 is 0. The van der Waals surface area contributed by atoms with Crippen molar-refractivity contribution in [3.8, 4) is 22.3 Å². The fourth-order valence-corrected chi connectivity index (χ4v) is 5.39. The number of hydrogen-bond acceptors (Lipinski definition) is 3. The molecule has 5 heterocycles. The average Bonchev–Trinajstić information content (AvgIpc) is 3.81. The molecule has 2 aliphatic heterocycles. The van der Waals surface area contributed by atoms with E-state index in [-0.39, 0.29) is 16.5 Å². The van der Waals surface area contributed by atoms with Crippen LogP contribution in [0.4, 0.5) is 0 Å². The van der Waals surface area contributed by atoms with Crippen LogP contribution < -0.4 is 9.97 Å². The van der Waals surface area contributed by atoms with Crippen molar-refractivity contribution in [3.05, 3.63) is 119 Å². The van der Waals surface area contributed by atoms with Crippen molar-refractivity contribution in [1.82, 2.24) is 19.9 Å². The Morgan fingerprint density at radius 2 is 1.05 bits per heavy atom. The van der Waals surface area contributed by atoms with Gasteiger partial charge in [-0.15, -0.1) is 22.1 Å². The number of aromatic nitrogens is 4. The zero-order chi connectivity index (χ0) is 27.1. The molecule has 0 spiro atoms. The summed E-state index contributed by atoms with van der Waals surface area (Å²) < 4.78 is 0. The van der Waals surface area contributed by atoms with Crippen LogP contribution in [0.5, 0.6) is 0 Å². The minimum absolute atomic E-state index is 0. The average molecular weight is 577 g/mol. The summed E-state index contributed by atoms with van der Waals surface area (Å²) in [5.74, 6) is 0. The SMILES string of the molecule is CCC(O)c1c2ccc([n-]2)c(-c2ccccc2)c2nc(cc3nc(c(-c4ccccc4)c4ccc1[n-]4)C=C3)C=C2.[Ni+2]. The molecule has 5 aromatic rings. The van der Waals surface area contributed by atoms with E-state index in [0.29, 0.717) is 23.0 Å². The van der Waals surface area contributed by atoms with Gasteiger partial charge in [0.2, 0.25) is 0 Å². The third-order valence-corrected chi connectivity index (χ3v) is 7.32. The van der Waals surface area contributed by atoms with Gasteiger partial charge in [-0.2, -0.15) is 0 Å². The Hall–Kier alpha value is -4.51. The van der Waals surface area contributed by atoms with Crippen molar-refractivity contribution in [2.24, 2.45) is 0 Å². The summed E-state index contributed by atoms with van der Waals surface area (Å²) in [6.45, 7) is 1.97. The zero-order valence-corrected chi connectivity index (χ0v) is 23.3. The number of hydrogen-bond donors (Lipinski definition) is 1. The maximum atomic E-state index is 11.2. The molecule has 1 atom stereocenters. The van der Waals surface area contributed by atoms with E-state index in [9.17, 15) is 5.11 Å². The van der Waals surface area contributed by atoms with E-state index in [4.69, 9.17) is 19.9 Å². The molecular formula is C35H26N4NiO. The van der Waals surface area contributed by atoms with Crippen LogP contribution in [-0.2, 0) is 16.5 Å². The van der Waals surface area contributed by atoms with Gasteiger partial charge in [0, 0.05) is 0 Å². The number of fused-ring (bicyclic) bond motifs is 8. The molecule has 202 valence electrons. The van der Waals surface area contributed by atoms with E-state index >= 15 is 0 Å². The van der Waals surface area contributed by atoms with E-state index < -0.39 is 6.10 Å². The van der Waals surface area contributed by atoms with Gasteiger partial charge in [-0.25, -0.2) is 9.97 Å². The van der Waals surface area contributed by atoms with E-state index in [1.807, 2.05) is 98.0 Å². The molecule has 7 rings (SSSR count). The molecule has 5 nitrogen and oxygen atoms in total. The van der Waals surface area contributed by atoms with E-state index in [1.54, 1.807) is 0 Å². The fraction of sp³-hybridized carbons (Fsp3) is 0.0857. The molecule has 1 unspecified atom stereocenters. The molecule has 0 radical (unpaired) electrons. The third kappa shape index (κ3) is 4.97. The number of aliphatic hydroxyl groups is 1. The minimum atomic E-state index is -0.716. The molecule has 1 N–H and O–H groups in total. The smallest absolute Gasteiger partial charge is 0.657 e. The molecule has 41 heavy (non-hydrogen) atoms. The largest absolute Gasteiger partial charge is 2.00 e. The fourth-order valence-electron chi connectivity index (χ4n) is 5.39. The third-order valence-electron chi connectivity index (χ3n) is 7.32. The molecule has 6 heteroatoms. The van der Waals surface area contributed by atoms with Crippen molar-refractivity contribution in [2.75, 3.05) is 0 Å². The predicted molar refractivity (Wildman–Crippen MR) is 163 cm³/mol. The molecule has 2 aromatic carbocycles. The number of benzene rings is 2. The Bertz CT molecular complexity index is 1820. The van der Waals surface area contributed by atoms with Gasteiger partial charge in [0.15, 0.2) is 0 Å². The predicted octanol–water partition coefficient (Wildman–Crippen LogP) is 7.69. The van der Waals surface area contributed by atoms with Gasteiger partial charge in [-0.05, 0) is 64.6 Å². The van der Waals surface area contributed by atoms with Gasteiger partial charge in [0.1, 0.15) is 0 Å². The first-order valence-electron chi connectivity index (χ1n) is 13.5. The zero-order valence-electron chi connectivity index (χ0n) is 22.3. The Morgan fingerprint density at radius 3 is 1.49 bits per heavy atom. The van der Waals surface area contributed by atoms with E-state index in [0.717, 1.165) is 56.1 Å².